The molecule has 1 rings (SSSR count). The topological polar surface area (TPSA) is 34.1 Å². The second kappa shape index (κ2) is 4.31. The van der Waals surface area contributed by atoms with E-state index in [1.807, 2.05) is 13.8 Å². The van der Waals surface area contributed by atoms with Crippen molar-refractivity contribution in [1.29, 1.82) is 0 Å². The summed E-state index contributed by atoms with van der Waals surface area (Å²) in [6.07, 6.45) is 1.74. The molecule has 0 heterocycles. The Balaban J connectivity index is 3.27. The normalized spacial score (nSPS) is 12.1. The molecule has 0 N–H and O–H groups in total. The van der Waals surface area contributed by atoms with Gasteiger partial charge in [-0.25, -0.2) is 12.8 Å². The molecule has 0 bridgehead atoms. The fourth-order valence-corrected chi connectivity index (χ4v) is 2.44. The van der Waals surface area contributed by atoms with Crippen LogP contribution in [0.3, 0.4) is 0 Å². The van der Waals surface area contributed by atoms with E-state index >= 15 is 0 Å². The van der Waals surface area contributed by atoms with E-state index in [9.17, 15) is 12.8 Å². The zero-order valence-electron chi connectivity index (χ0n) is 9.12. The summed E-state index contributed by atoms with van der Waals surface area (Å²) in [4.78, 5) is 0.108. The predicted molar refractivity (Wildman–Crippen MR) is 58.1 cm³/mol. The van der Waals surface area contributed by atoms with Crippen LogP contribution < -0.4 is 0 Å². The van der Waals surface area contributed by atoms with E-state index in [1.54, 1.807) is 6.07 Å². The minimum atomic E-state index is -3.34. The van der Waals surface area contributed by atoms with Crippen LogP contribution in [0, 0.1) is 11.7 Å². The van der Waals surface area contributed by atoms with E-state index in [-0.39, 0.29) is 4.90 Å². The van der Waals surface area contributed by atoms with Crippen LogP contribution in [-0.2, 0) is 16.3 Å². The van der Waals surface area contributed by atoms with E-state index in [1.165, 1.54) is 6.07 Å². The van der Waals surface area contributed by atoms with Gasteiger partial charge in [-0.1, -0.05) is 19.9 Å². The minimum Gasteiger partial charge on any atom is -0.224 e. The molecule has 15 heavy (non-hydrogen) atoms. The third-order valence-corrected chi connectivity index (χ3v) is 3.24. The van der Waals surface area contributed by atoms with E-state index in [0.29, 0.717) is 17.9 Å². The van der Waals surface area contributed by atoms with E-state index in [2.05, 4.69) is 0 Å². The predicted octanol–water partition coefficient (Wildman–Crippen LogP) is 2.43. The van der Waals surface area contributed by atoms with Crippen molar-refractivity contribution in [3.63, 3.8) is 0 Å². The summed E-state index contributed by atoms with van der Waals surface area (Å²) in [6.45, 7) is 3.99. The number of sulfone groups is 1. The molecule has 0 aliphatic carbocycles. The lowest BCUT2D eigenvalue weighted by atomic mass is 10.0. The average Bonchev–Trinajstić information content (AvgIpc) is 2.05. The number of benzene rings is 1. The Labute approximate surface area is 90.0 Å². The van der Waals surface area contributed by atoms with Gasteiger partial charge in [0.25, 0.3) is 0 Å². The zero-order valence-corrected chi connectivity index (χ0v) is 9.94. The molecule has 0 fully saturated rings. The third kappa shape index (κ3) is 3.30. The lowest BCUT2D eigenvalue weighted by molar-refractivity contribution is 0.586. The summed E-state index contributed by atoms with van der Waals surface area (Å²) in [5.74, 6) is -0.168. The molecule has 0 aliphatic rings. The van der Waals surface area contributed by atoms with Gasteiger partial charge in [-0.2, -0.15) is 0 Å². The van der Waals surface area contributed by atoms with Crippen molar-refractivity contribution in [3.8, 4) is 0 Å². The smallest absolute Gasteiger partial charge is 0.175 e. The number of hydrogen-bond acceptors (Lipinski definition) is 2. The highest BCUT2D eigenvalue weighted by molar-refractivity contribution is 7.90. The molecular formula is C11H15FO2S. The molecule has 0 unspecified atom stereocenters. The van der Waals surface area contributed by atoms with Crippen LogP contribution in [0.2, 0.25) is 0 Å². The Morgan fingerprint density at radius 3 is 2.40 bits per heavy atom. The SMILES string of the molecule is CC(C)Cc1ccc(F)cc1S(C)(=O)=O. The van der Waals surface area contributed by atoms with Crippen LogP contribution >= 0.6 is 0 Å². The Kier molecular flexibility index (Phi) is 3.50. The van der Waals surface area contributed by atoms with Gasteiger partial charge in [-0.15, -0.1) is 0 Å². The highest BCUT2D eigenvalue weighted by atomic mass is 32.2. The summed E-state index contributed by atoms with van der Waals surface area (Å²) in [6, 6.07) is 3.94. The summed E-state index contributed by atoms with van der Waals surface area (Å²) in [5, 5.41) is 0. The standard InChI is InChI=1S/C11H15FO2S/c1-8(2)6-9-4-5-10(12)7-11(9)15(3,13)14/h4-5,7-8H,6H2,1-3H3. The van der Waals surface area contributed by atoms with Crippen molar-refractivity contribution in [1.82, 2.24) is 0 Å². The van der Waals surface area contributed by atoms with Gasteiger partial charge in [-0.05, 0) is 30.0 Å². The first-order chi connectivity index (χ1) is 6.80. The lowest BCUT2D eigenvalue weighted by Gasteiger charge is -2.10. The van der Waals surface area contributed by atoms with Gasteiger partial charge in [0, 0.05) is 6.26 Å². The van der Waals surface area contributed by atoms with E-state index in [0.717, 1.165) is 12.3 Å². The van der Waals surface area contributed by atoms with Crippen LogP contribution in [0.5, 0.6) is 0 Å². The maximum absolute atomic E-state index is 13.0. The molecule has 1 aromatic rings. The Morgan fingerprint density at radius 2 is 1.93 bits per heavy atom. The van der Waals surface area contributed by atoms with Crippen molar-refractivity contribution in [3.05, 3.63) is 29.6 Å². The maximum atomic E-state index is 13.0. The first-order valence-corrected chi connectivity index (χ1v) is 6.68. The molecule has 4 heteroatoms. The first-order valence-electron chi connectivity index (χ1n) is 4.79. The van der Waals surface area contributed by atoms with E-state index < -0.39 is 15.7 Å². The van der Waals surface area contributed by atoms with Crippen LogP contribution in [0.25, 0.3) is 0 Å². The van der Waals surface area contributed by atoms with Gasteiger partial charge in [-0.3, -0.25) is 0 Å². The quantitative estimate of drug-likeness (QED) is 0.799. The van der Waals surface area contributed by atoms with Gasteiger partial charge in [0.15, 0.2) is 9.84 Å². The molecule has 0 saturated carbocycles. The molecule has 0 saturated heterocycles. The number of rotatable bonds is 3. The molecule has 0 aliphatic heterocycles. The van der Waals surface area contributed by atoms with Crippen LogP contribution in [0.4, 0.5) is 4.39 Å². The second-order valence-corrected chi connectivity index (χ2v) is 6.11. The average molecular weight is 230 g/mol. The van der Waals surface area contributed by atoms with Crippen molar-refractivity contribution < 1.29 is 12.8 Å². The monoisotopic (exact) mass is 230 g/mol. The van der Waals surface area contributed by atoms with Gasteiger partial charge >= 0.3 is 0 Å². The van der Waals surface area contributed by atoms with Crippen LogP contribution in [0.15, 0.2) is 23.1 Å². The largest absolute Gasteiger partial charge is 0.224 e. The second-order valence-electron chi connectivity index (χ2n) is 4.12. The van der Waals surface area contributed by atoms with Gasteiger partial charge < -0.3 is 0 Å². The molecule has 84 valence electrons. The van der Waals surface area contributed by atoms with Crippen molar-refractivity contribution in [2.75, 3.05) is 6.26 Å². The van der Waals surface area contributed by atoms with Gasteiger partial charge in [0.2, 0.25) is 0 Å². The van der Waals surface area contributed by atoms with E-state index in [4.69, 9.17) is 0 Å². The number of hydrogen-bond donors (Lipinski definition) is 0. The number of halogens is 1. The molecule has 0 amide bonds. The molecule has 2 nitrogen and oxygen atoms in total. The fraction of sp³-hybridized carbons (Fsp3) is 0.455. The Morgan fingerprint density at radius 1 is 1.33 bits per heavy atom. The zero-order chi connectivity index (χ0) is 11.6. The molecule has 0 spiro atoms. The van der Waals surface area contributed by atoms with Crippen molar-refractivity contribution in [2.45, 2.75) is 25.2 Å². The first kappa shape index (κ1) is 12.2. The molecular weight excluding hydrogens is 215 g/mol. The molecule has 0 aromatic heterocycles. The Hall–Kier alpha value is -0.900. The Bertz CT molecular complexity index is 450. The van der Waals surface area contributed by atoms with Crippen molar-refractivity contribution >= 4 is 9.84 Å². The van der Waals surface area contributed by atoms with Crippen LogP contribution in [0.1, 0.15) is 19.4 Å². The molecule has 0 radical (unpaired) electrons. The maximum Gasteiger partial charge on any atom is 0.175 e. The summed E-state index contributed by atoms with van der Waals surface area (Å²) >= 11 is 0. The van der Waals surface area contributed by atoms with Gasteiger partial charge in [0.05, 0.1) is 4.90 Å². The summed E-state index contributed by atoms with van der Waals surface area (Å²) < 4.78 is 35.8. The highest BCUT2D eigenvalue weighted by Crippen LogP contribution is 2.20. The van der Waals surface area contributed by atoms with Crippen LogP contribution in [-0.4, -0.2) is 14.7 Å². The minimum absolute atomic E-state index is 0.108. The third-order valence-electron chi connectivity index (χ3n) is 2.06. The summed E-state index contributed by atoms with van der Waals surface area (Å²) in [7, 11) is -3.34. The molecule has 1 aromatic carbocycles. The van der Waals surface area contributed by atoms with Gasteiger partial charge in [0.1, 0.15) is 5.82 Å². The van der Waals surface area contributed by atoms with Crippen molar-refractivity contribution in [2.24, 2.45) is 5.92 Å². The lowest BCUT2D eigenvalue weighted by Crippen LogP contribution is -2.05. The fourth-order valence-electron chi connectivity index (χ4n) is 1.48. The highest BCUT2D eigenvalue weighted by Gasteiger charge is 2.14. The summed E-state index contributed by atoms with van der Waals surface area (Å²) in [5.41, 5.74) is 0.689. The molecule has 0 atom stereocenters.